The summed E-state index contributed by atoms with van der Waals surface area (Å²) >= 11 is 0. The first-order chi connectivity index (χ1) is 9.31. The molecule has 1 aliphatic carbocycles. The van der Waals surface area contributed by atoms with Gasteiger partial charge in [-0.25, -0.2) is 0 Å². The van der Waals surface area contributed by atoms with Gasteiger partial charge in [0.15, 0.2) is 0 Å². The molecule has 0 aromatic rings. The van der Waals surface area contributed by atoms with E-state index in [2.05, 4.69) is 44.8 Å². The van der Waals surface area contributed by atoms with E-state index in [1.165, 1.54) is 58.2 Å². The van der Waals surface area contributed by atoms with Gasteiger partial charge in [0, 0.05) is 24.7 Å². The van der Waals surface area contributed by atoms with Gasteiger partial charge in [-0.3, -0.25) is 4.90 Å². The molecule has 20 heavy (non-hydrogen) atoms. The molecule has 0 aromatic carbocycles. The van der Waals surface area contributed by atoms with Crippen LogP contribution in [-0.4, -0.2) is 36.1 Å². The van der Waals surface area contributed by atoms with Crippen LogP contribution in [0.5, 0.6) is 0 Å². The van der Waals surface area contributed by atoms with E-state index < -0.39 is 0 Å². The van der Waals surface area contributed by atoms with Crippen LogP contribution in [0.15, 0.2) is 0 Å². The van der Waals surface area contributed by atoms with Crippen molar-refractivity contribution < 1.29 is 0 Å². The molecular formula is C18H36N2. The van der Waals surface area contributed by atoms with Crippen molar-refractivity contribution in [3.05, 3.63) is 0 Å². The summed E-state index contributed by atoms with van der Waals surface area (Å²) in [5.74, 6) is 0.812. The van der Waals surface area contributed by atoms with E-state index >= 15 is 0 Å². The fourth-order valence-corrected chi connectivity index (χ4v) is 4.20. The maximum Gasteiger partial charge on any atom is 0.0119 e. The third-order valence-corrected chi connectivity index (χ3v) is 5.38. The highest BCUT2D eigenvalue weighted by Gasteiger charge is 2.39. The summed E-state index contributed by atoms with van der Waals surface area (Å²) in [6.07, 6.45) is 8.55. The maximum atomic E-state index is 3.80. The molecule has 0 radical (unpaired) electrons. The van der Waals surface area contributed by atoms with E-state index in [0.717, 1.165) is 12.0 Å². The molecule has 1 N–H and O–H groups in total. The molecule has 1 saturated carbocycles. The molecule has 118 valence electrons. The van der Waals surface area contributed by atoms with Crippen molar-refractivity contribution in [2.24, 2.45) is 11.3 Å². The van der Waals surface area contributed by atoms with Crippen LogP contribution >= 0.6 is 0 Å². The Morgan fingerprint density at radius 3 is 2.35 bits per heavy atom. The van der Waals surface area contributed by atoms with E-state index in [1.807, 2.05) is 0 Å². The molecule has 2 fully saturated rings. The van der Waals surface area contributed by atoms with E-state index in [-0.39, 0.29) is 5.54 Å². The van der Waals surface area contributed by atoms with E-state index in [4.69, 9.17) is 0 Å². The molecule has 1 saturated heterocycles. The molecular weight excluding hydrogens is 244 g/mol. The Kier molecular flexibility index (Phi) is 5.18. The normalized spacial score (nSPS) is 27.6. The third-order valence-electron chi connectivity index (χ3n) is 5.38. The molecule has 2 heteroatoms. The molecule has 1 heterocycles. The predicted octanol–water partition coefficient (Wildman–Crippen LogP) is 4.06. The van der Waals surface area contributed by atoms with Crippen molar-refractivity contribution >= 4 is 0 Å². The Morgan fingerprint density at radius 1 is 1.15 bits per heavy atom. The Morgan fingerprint density at radius 2 is 1.80 bits per heavy atom. The van der Waals surface area contributed by atoms with Crippen molar-refractivity contribution in [1.82, 2.24) is 10.2 Å². The second kappa shape index (κ2) is 6.36. The molecule has 1 aliphatic heterocycles. The largest absolute Gasteiger partial charge is 0.311 e. The van der Waals surface area contributed by atoms with Crippen LogP contribution in [0.4, 0.5) is 0 Å². The van der Waals surface area contributed by atoms with Gasteiger partial charge in [-0.05, 0) is 64.3 Å². The van der Waals surface area contributed by atoms with Gasteiger partial charge in [-0.1, -0.05) is 26.7 Å². The molecule has 0 aromatic heterocycles. The van der Waals surface area contributed by atoms with Crippen molar-refractivity contribution in [1.29, 1.82) is 0 Å². The number of nitrogens with one attached hydrogen (secondary N) is 1. The average molecular weight is 281 g/mol. The van der Waals surface area contributed by atoms with Crippen molar-refractivity contribution in [2.45, 2.75) is 84.7 Å². The van der Waals surface area contributed by atoms with Crippen LogP contribution in [0.1, 0.15) is 73.1 Å². The van der Waals surface area contributed by atoms with Crippen LogP contribution < -0.4 is 5.32 Å². The van der Waals surface area contributed by atoms with Crippen molar-refractivity contribution in [2.75, 3.05) is 19.6 Å². The number of hydrogen-bond acceptors (Lipinski definition) is 2. The van der Waals surface area contributed by atoms with Gasteiger partial charge in [-0.15, -0.1) is 0 Å². The van der Waals surface area contributed by atoms with E-state index in [0.29, 0.717) is 5.41 Å². The lowest BCUT2D eigenvalue weighted by molar-refractivity contribution is 0.112. The van der Waals surface area contributed by atoms with E-state index in [1.54, 1.807) is 0 Å². The molecule has 0 bridgehead atoms. The first kappa shape index (κ1) is 16.3. The summed E-state index contributed by atoms with van der Waals surface area (Å²) in [6.45, 7) is 15.6. The summed E-state index contributed by atoms with van der Waals surface area (Å²) in [6, 6.07) is 0.835. The zero-order valence-corrected chi connectivity index (χ0v) is 14.5. The molecule has 0 amide bonds. The number of rotatable bonds is 5. The maximum absolute atomic E-state index is 3.80. The lowest BCUT2D eigenvalue weighted by Crippen LogP contribution is -2.49. The quantitative estimate of drug-likeness (QED) is 0.817. The average Bonchev–Trinajstić information content (AvgIpc) is 2.96. The zero-order chi connectivity index (χ0) is 14.8. The van der Waals surface area contributed by atoms with Crippen LogP contribution in [0.25, 0.3) is 0 Å². The highest BCUT2D eigenvalue weighted by molar-refractivity contribution is 4.94. The Bertz CT molecular complexity index is 297. The number of likely N-dealkylation sites (tertiary alicyclic amines) is 1. The van der Waals surface area contributed by atoms with Crippen molar-refractivity contribution in [3.8, 4) is 0 Å². The summed E-state index contributed by atoms with van der Waals surface area (Å²) in [4.78, 5) is 2.82. The van der Waals surface area contributed by atoms with Crippen LogP contribution in [0.2, 0.25) is 0 Å². The second-order valence-electron chi connectivity index (χ2n) is 8.73. The van der Waals surface area contributed by atoms with Gasteiger partial charge >= 0.3 is 0 Å². The molecule has 1 atom stereocenters. The van der Waals surface area contributed by atoms with Crippen LogP contribution in [0, 0.1) is 11.3 Å². The fraction of sp³-hybridized carbons (Fsp3) is 1.00. The van der Waals surface area contributed by atoms with Gasteiger partial charge in [0.25, 0.3) is 0 Å². The number of hydrogen-bond donors (Lipinski definition) is 1. The monoisotopic (exact) mass is 280 g/mol. The smallest absolute Gasteiger partial charge is 0.0119 e. The molecule has 1 unspecified atom stereocenters. The third kappa shape index (κ3) is 4.21. The SMILES string of the molecule is CC(C)C1CCCN1CC1(CNC(C)(C)C)CCCC1. The summed E-state index contributed by atoms with van der Waals surface area (Å²) in [7, 11) is 0. The predicted molar refractivity (Wildman–Crippen MR) is 88.1 cm³/mol. The molecule has 2 aliphatic rings. The van der Waals surface area contributed by atoms with Crippen LogP contribution in [-0.2, 0) is 0 Å². The minimum Gasteiger partial charge on any atom is -0.311 e. The molecule has 0 spiro atoms. The van der Waals surface area contributed by atoms with Gasteiger partial charge in [0.05, 0.1) is 0 Å². The molecule has 2 rings (SSSR count). The number of nitrogens with zero attached hydrogens (tertiary/aromatic N) is 1. The lowest BCUT2D eigenvalue weighted by atomic mass is 9.84. The zero-order valence-electron chi connectivity index (χ0n) is 14.5. The Hall–Kier alpha value is -0.0800. The topological polar surface area (TPSA) is 15.3 Å². The minimum absolute atomic E-state index is 0.248. The van der Waals surface area contributed by atoms with Gasteiger partial charge in [0.1, 0.15) is 0 Å². The Labute approximate surface area is 126 Å². The fourth-order valence-electron chi connectivity index (χ4n) is 4.20. The van der Waals surface area contributed by atoms with Gasteiger partial charge in [-0.2, -0.15) is 0 Å². The van der Waals surface area contributed by atoms with Crippen LogP contribution in [0.3, 0.4) is 0 Å². The standard InChI is InChI=1S/C18H36N2/c1-15(2)16-9-8-12-20(16)14-18(10-6-7-11-18)13-19-17(3,4)5/h15-16,19H,6-14H2,1-5H3. The summed E-state index contributed by atoms with van der Waals surface area (Å²) in [5.41, 5.74) is 0.794. The second-order valence-corrected chi connectivity index (χ2v) is 8.73. The minimum atomic E-state index is 0.248. The lowest BCUT2D eigenvalue weighted by Gasteiger charge is -2.39. The summed E-state index contributed by atoms with van der Waals surface area (Å²) in [5, 5.41) is 3.80. The Balaban J connectivity index is 1.98. The summed E-state index contributed by atoms with van der Waals surface area (Å²) < 4.78 is 0. The van der Waals surface area contributed by atoms with Gasteiger partial charge in [0.2, 0.25) is 0 Å². The molecule has 2 nitrogen and oxygen atoms in total. The first-order valence-electron chi connectivity index (χ1n) is 8.80. The first-order valence-corrected chi connectivity index (χ1v) is 8.80. The highest BCUT2D eigenvalue weighted by Crippen LogP contribution is 2.40. The van der Waals surface area contributed by atoms with Gasteiger partial charge < -0.3 is 5.32 Å². The highest BCUT2D eigenvalue weighted by atomic mass is 15.2. The van der Waals surface area contributed by atoms with E-state index in [9.17, 15) is 0 Å². The van der Waals surface area contributed by atoms with Crippen molar-refractivity contribution in [3.63, 3.8) is 0 Å².